The SMILES string of the molecule is CCC[C@H](N)C(=O)N1CCC(CN2CCOCC2)CC1. The van der Waals surface area contributed by atoms with Gasteiger partial charge in [-0.2, -0.15) is 0 Å². The fourth-order valence-electron chi connectivity index (χ4n) is 3.15. The summed E-state index contributed by atoms with van der Waals surface area (Å²) in [7, 11) is 0. The molecule has 2 aliphatic heterocycles. The van der Waals surface area contributed by atoms with Gasteiger partial charge in [0.1, 0.15) is 0 Å². The molecule has 2 saturated heterocycles. The highest BCUT2D eigenvalue weighted by Gasteiger charge is 2.27. The number of carbonyl (C=O) groups is 1. The Labute approximate surface area is 122 Å². The molecular formula is C15H29N3O2. The number of nitrogens with two attached hydrogens (primary N) is 1. The van der Waals surface area contributed by atoms with E-state index in [2.05, 4.69) is 11.8 Å². The van der Waals surface area contributed by atoms with Crippen LogP contribution in [0.4, 0.5) is 0 Å². The molecule has 2 aliphatic rings. The average molecular weight is 283 g/mol. The summed E-state index contributed by atoms with van der Waals surface area (Å²) in [4.78, 5) is 16.6. The molecule has 1 atom stereocenters. The molecular weight excluding hydrogens is 254 g/mol. The van der Waals surface area contributed by atoms with E-state index in [0.717, 1.165) is 77.5 Å². The quantitative estimate of drug-likeness (QED) is 0.806. The number of ether oxygens (including phenoxy) is 1. The smallest absolute Gasteiger partial charge is 0.239 e. The van der Waals surface area contributed by atoms with Crippen molar-refractivity contribution < 1.29 is 9.53 Å². The second-order valence-corrected chi connectivity index (χ2v) is 6.08. The van der Waals surface area contributed by atoms with Crippen LogP contribution in [0.3, 0.4) is 0 Å². The Kier molecular flexibility index (Phi) is 6.26. The summed E-state index contributed by atoms with van der Waals surface area (Å²) in [6.45, 7) is 8.83. The van der Waals surface area contributed by atoms with Gasteiger partial charge in [0.25, 0.3) is 0 Å². The summed E-state index contributed by atoms with van der Waals surface area (Å²) >= 11 is 0. The van der Waals surface area contributed by atoms with Crippen LogP contribution in [0.1, 0.15) is 32.6 Å². The van der Waals surface area contributed by atoms with Gasteiger partial charge in [0, 0.05) is 32.7 Å². The normalized spacial score (nSPS) is 23.8. The number of amides is 1. The van der Waals surface area contributed by atoms with Gasteiger partial charge < -0.3 is 15.4 Å². The molecule has 0 bridgehead atoms. The number of hydrogen-bond acceptors (Lipinski definition) is 4. The zero-order chi connectivity index (χ0) is 14.4. The largest absolute Gasteiger partial charge is 0.379 e. The van der Waals surface area contributed by atoms with Crippen molar-refractivity contribution in [3.63, 3.8) is 0 Å². The highest BCUT2D eigenvalue weighted by molar-refractivity contribution is 5.81. The number of carbonyl (C=O) groups excluding carboxylic acids is 1. The van der Waals surface area contributed by atoms with Gasteiger partial charge in [-0.3, -0.25) is 9.69 Å². The van der Waals surface area contributed by atoms with Crippen LogP contribution in [0.25, 0.3) is 0 Å². The van der Waals surface area contributed by atoms with E-state index in [-0.39, 0.29) is 11.9 Å². The lowest BCUT2D eigenvalue weighted by molar-refractivity contribution is -0.134. The molecule has 0 unspecified atom stereocenters. The summed E-state index contributed by atoms with van der Waals surface area (Å²) in [6, 6.07) is -0.296. The van der Waals surface area contributed by atoms with Crippen LogP contribution >= 0.6 is 0 Å². The summed E-state index contributed by atoms with van der Waals surface area (Å²) < 4.78 is 5.38. The fourth-order valence-corrected chi connectivity index (χ4v) is 3.15. The number of piperidine rings is 1. The van der Waals surface area contributed by atoms with Gasteiger partial charge in [-0.05, 0) is 25.2 Å². The van der Waals surface area contributed by atoms with Crippen molar-refractivity contribution in [1.29, 1.82) is 0 Å². The minimum absolute atomic E-state index is 0.150. The van der Waals surface area contributed by atoms with Gasteiger partial charge in [-0.25, -0.2) is 0 Å². The number of morpholine rings is 1. The van der Waals surface area contributed by atoms with Gasteiger partial charge in [0.15, 0.2) is 0 Å². The summed E-state index contributed by atoms with van der Waals surface area (Å²) in [6.07, 6.45) is 4.00. The van der Waals surface area contributed by atoms with Crippen LogP contribution < -0.4 is 5.73 Å². The third kappa shape index (κ3) is 4.43. The van der Waals surface area contributed by atoms with Gasteiger partial charge >= 0.3 is 0 Å². The second kappa shape index (κ2) is 7.96. The maximum atomic E-state index is 12.2. The molecule has 2 fully saturated rings. The van der Waals surface area contributed by atoms with Crippen molar-refractivity contribution in [2.75, 3.05) is 45.9 Å². The third-order valence-electron chi connectivity index (χ3n) is 4.46. The molecule has 20 heavy (non-hydrogen) atoms. The van der Waals surface area contributed by atoms with Crippen LogP contribution in [0, 0.1) is 5.92 Å². The van der Waals surface area contributed by atoms with E-state index in [9.17, 15) is 4.79 Å². The molecule has 0 saturated carbocycles. The van der Waals surface area contributed by atoms with E-state index in [0.29, 0.717) is 0 Å². The monoisotopic (exact) mass is 283 g/mol. The Morgan fingerprint density at radius 2 is 1.90 bits per heavy atom. The van der Waals surface area contributed by atoms with Crippen LogP contribution in [0.5, 0.6) is 0 Å². The van der Waals surface area contributed by atoms with Crippen molar-refractivity contribution in [2.45, 2.75) is 38.6 Å². The minimum atomic E-state index is -0.296. The molecule has 5 nitrogen and oxygen atoms in total. The lowest BCUT2D eigenvalue weighted by Crippen LogP contribution is -2.48. The average Bonchev–Trinajstić information content (AvgIpc) is 2.48. The first kappa shape index (κ1) is 15.7. The topological polar surface area (TPSA) is 58.8 Å². The Balaban J connectivity index is 1.70. The van der Waals surface area contributed by atoms with Crippen molar-refractivity contribution >= 4 is 5.91 Å². The zero-order valence-corrected chi connectivity index (χ0v) is 12.7. The van der Waals surface area contributed by atoms with Crippen molar-refractivity contribution in [3.05, 3.63) is 0 Å². The summed E-state index contributed by atoms with van der Waals surface area (Å²) in [5, 5.41) is 0. The highest BCUT2D eigenvalue weighted by Crippen LogP contribution is 2.19. The van der Waals surface area contributed by atoms with E-state index in [1.54, 1.807) is 0 Å². The molecule has 0 aliphatic carbocycles. The number of nitrogens with zero attached hydrogens (tertiary/aromatic N) is 2. The molecule has 2 heterocycles. The molecule has 2 rings (SSSR count). The molecule has 116 valence electrons. The van der Waals surface area contributed by atoms with Gasteiger partial charge in [0.05, 0.1) is 19.3 Å². The van der Waals surface area contributed by atoms with E-state index >= 15 is 0 Å². The number of rotatable bonds is 5. The molecule has 0 spiro atoms. The number of likely N-dealkylation sites (tertiary alicyclic amines) is 1. The Morgan fingerprint density at radius 1 is 1.25 bits per heavy atom. The Morgan fingerprint density at radius 3 is 2.50 bits per heavy atom. The highest BCUT2D eigenvalue weighted by atomic mass is 16.5. The second-order valence-electron chi connectivity index (χ2n) is 6.08. The van der Waals surface area contributed by atoms with E-state index < -0.39 is 0 Å². The molecule has 0 aromatic rings. The van der Waals surface area contributed by atoms with Crippen LogP contribution in [-0.4, -0.2) is 67.7 Å². The van der Waals surface area contributed by atoms with E-state index in [4.69, 9.17) is 10.5 Å². The van der Waals surface area contributed by atoms with Crippen LogP contribution in [-0.2, 0) is 9.53 Å². The standard InChI is InChI=1S/C15H29N3O2/c1-2-3-14(16)15(19)18-6-4-13(5-7-18)12-17-8-10-20-11-9-17/h13-14H,2-12,16H2,1H3/t14-/m0/s1. The fraction of sp³-hybridized carbons (Fsp3) is 0.933. The van der Waals surface area contributed by atoms with E-state index in [1.807, 2.05) is 4.90 Å². The molecule has 1 amide bonds. The first-order valence-corrected chi connectivity index (χ1v) is 8.05. The first-order chi connectivity index (χ1) is 9.70. The molecule has 0 radical (unpaired) electrons. The van der Waals surface area contributed by atoms with Crippen LogP contribution in [0.15, 0.2) is 0 Å². The molecule has 5 heteroatoms. The third-order valence-corrected chi connectivity index (χ3v) is 4.46. The van der Waals surface area contributed by atoms with E-state index in [1.165, 1.54) is 0 Å². The van der Waals surface area contributed by atoms with Crippen LogP contribution in [0.2, 0.25) is 0 Å². The molecule has 0 aromatic carbocycles. The van der Waals surface area contributed by atoms with Gasteiger partial charge in [-0.1, -0.05) is 13.3 Å². The predicted molar refractivity (Wildman–Crippen MR) is 79.4 cm³/mol. The molecule has 0 aromatic heterocycles. The number of hydrogen-bond donors (Lipinski definition) is 1. The molecule has 2 N–H and O–H groups in total. The summed E-state index contributed by atoms with van der Waals surface area (Å²) in [5.74, 6) is 0.872. The first-order valence-electron chi connectivity index (χ1n) is 8.05. The van der Waals surface area contributed by atoms with Gasteiger partial charge in [0.2, 0.25) is 5.91 Å². The lowest BCUT2D eigenvalue weighted by atomic mass is 9.95. The predicted octanol–water partition coefficient (Wildman–Crippen LogP) is 0.685. The maximum Gasteiger partial charge on any atom is 0.239 e. The Hall–Kier alpha value is -0.650. The lowest BCUT2D eigenvalue weighted by Gasteiger charge is -2.36. The van der Waals surface area contributed by atoms with Crippen molar-refractivity contribution in [3.8, 4) is 0 Å². The van der Waals surface area contributed by atoms with Gasteiger partial charge in [-0.15, -0.1) is 0 Å². The van der Waals surface area contributed by atoms with Crippen molar-refractivity contribution in [2.24, 2.45) is 11.7 Å². The minimum Gasteiger partial charge on any atom is -0.379 e. The Bertz CT molecular complexity index is 297. The maximum absolute atomic E-state index is 12.2. The van der Waals surface area contributed by atoms with Crippen molar-refractivity contribution in [1.82, 2.24) is 9.80 Å². The zero-order valence-electron chi connectivity index (χ0n) is 12.7. The summed E-state index contributed by atoms with van der Waals surface area (Å²) in [5.41, 5.74) is 5.93.